The Labute approximate surface area is 173 Å². The monoisotopic (exact) mass is 402 g/mol. The number of carbonyl (C=O) groups excluding carboxylic acids is 2. The molecule has 1 saturated heterocycles. The summed E-state index contributed by atoms with van der Waals surface area (Å²) in [5.74, 6) is -0.194. The highest BCUT2D eigenvalue weighted by molar-refractivity contribution is 5.82. The first-order valence-electron chi connectivity index (χ1n) is 10.5. The zero-order valence-electron chi connectivity index (χ0n) is 18.3. The Kier molecular flexibility index (Phi) is 5.95. The highest BCUT2D eigenvalue weighted by Gasteiger charge is 2.60. The Hall–Kier alpha value is -2.08. The molecule has 2 fully saturated rings. The summed E-state index contributed by atoms with van der Waals surface area (Å²) in [5, 5.41) is 3.55. The molecule has 1 N–H and O–H groups in total. The van der Waals surface area contributed by atoms with Gasteiger partial charge < -0.3 is 14.4 Å². The SMILES string of the molecule is COC(=O)C1(NC(C)c2ccccc2)CC2(CCN(C(=O)OC(C)(C)C)CC2)C1. The third-order valence-electron chi connectivity index (χ3n) is 6.20. The van der Waals surface area contributed by atoms with Crippen LogP contribution in [0.4, 0.5) is 4.79 Å². The van der Waals surface area contributed by atoms with E-state index in [4.69, 9.17) is 9.47 Å². The number of nitrogens with one attached hydrogen (secondary N) is 1. The third kappa shape index (κ3) is 4.74. The van der Waals surface area contributed by atoms with Gasteiger partial charge in [-0.3, -0.25) is 10.1 Å². The Morgan fingerprint density at radius 1 is 1.10 bits per heavy atom. The molecule has 0 aromatic heterocycles. The van der Waals surface area contributed by atoms with Gasteiger partial charge in [0.1, 0.15) is 11.1 Å². The van der Waals surface area contributed by atoms with Crippen molar-refractivity contribution in [2.45, 2.75) is 70.6 Å². The number of carbonyl (C=O) groups is 2. The zero-order chi connectivity index (χ0) is 21.3. The summed E-state index contributed by atoms with van der Waals surface area (Å²) in [6.07, 6.45) is 3.00. The quantitative estimate of drug-likeness (QED) is 0.769. The molecule has 6 heteroatoms. The van der Waals surface area contributed by atoms with Crippen molar-refractivity contribution in [3.63, 3.8) is 0 Å². The number of amides is 1. The lowest BCUT2D eigenvalue weighted by Gasteiger charge is -2.58. The van der Waals surface area contributed by atoms with Gasteiger partial charge in [-0.05, 0) is 64.4 Å². The first-order chi connectivity index (χ1) is 13.6. The molecule has 6 nitrogen and oxygen atoms in total. The number of piperidine rings is 1. The van der Waals surface area contributed by atoms with E-state index >= 15 is 0 Å². The largest absolute Gasteiger partial charge is 0.468 e. The maximum atomic E-state index is 12.7. The van der Waals surface area contributed by atoms with Crippen molar-refractivity contribution in [2.75, 3.05) is 20.2 Å². The fraction of sp³-hybridized carbons (Fsp3) is 0.652. The fourth-order valence-corrected chi connectivity index (χ4v) is 4.81. The van der Waals surface area contributed by atoms with E-state index in [9.17, 15) is 9.59 Å². The predicted octanol–water partition coefficient (Wildman–Crippen LogP) is 4.06. The number of esters is 1. The maximum absolute atomic E-state index is 12.7. The minimum Gasteiger partial charge on any atom is -0.468 e. The second kappa shape index (κ2) is 7.98. The lowest BCUT2D eigenvalue weighted by Crippen LogP contribution is -2.67. The van der Waals surface area contributed by atoms with Crippen molar-refractivity contribution in [2.24, 2.45) is 5.41 Å². The Morgan fingerprint density at radius 2 is 1.69 bits per heavy atom. The molecule has 3 rings (SSSR count). The van der Waals surface area contributed by atoms with Crippen LogP contribution in [0.3, 0.4) is 0 Å². The lowest BCUT2D eigenvalue weighted by atomic mass is 9.53. The van der Waals surface area contributed by atoms with E-state index in [0.717, 1.165) is 31.2 Å². The van der Waals surface area contributed by atoms with Crippen LogP contribution in [-0.2, 0) is 14.3 Å². The molecule has 2 aliphatic rings. The molecule has 1 heterocycles. The molecule has 1 aliphatic carbocycles. The van der Waals surface area contributed by atoms with E-state index in [-0.39, 0.29) is 23.5 Å². The van der Waals surface area contributed by atoms with Crippen LogP contribution in [0.15, 0.2) is 30.3 Å². The molecule has 160 valence electrons. The molecule has 29 heavy (non-hydrogen) atoms. The Bertz CT molecular complexity index is 725. The first-order valence-corrected chi connectivity index (χ1v) is 10.5. The van der Waals surface area contributed by atoms with Crippen molar-refractivity contribution in [1.82, 2.24) is 10.2 Å². The van der Waals surface area contributed by atoms with Gasteiger partial charge in [0.05, 0.1) is 7.11 Å². The van der Waals surface area contributed by atoms with Crippen LogP contribution in [0.2, 0.25) is 0 Å². The Morgan fingerprint density at radius 3 is 2.21 bits per heavy atom. The lowest BCUT2D eigenvalue weighted by molar-refractivity contribution is -0.164. The standard InChI is InChI=1S/C23H34N2O4/c1-17(18-9-7-6-8-10-18)24-23(19(26)28-5)15-22(16-23)11-13-25(14-12-22)20(27)29-21(2,3)4/h6-10,17,24H,11-16H2,1-5H3. The van der Waals surface area contributed by atoms with E-state index < -0.39 is 11.1 Å². The van der Waals surface area contributed by atoms with Crippen LogP contribution in [-0.4, -0.2) is 48.3 Å². The predicted molar refractivity (Wildman–Crippen MR) is 111 cm³/mol. The summed E-state index contributed by atoms with van der Waals surface area (Å²) in [6.45, 7) is 9.06. The van der Waals surface area contributed by atoms with Gasteiger partial charge in [0.15, 0.2) is 0 Å². The van der Waals surface area contributed by atoms with Crippen molar-refractivity contribution >= 4 is 12.1 Å². The number of hydrogen-bond acceptors (Lipinski definition) is 5. The van der Waals surface area contributed by atoms with Crippen LogP contribution in [0.1, 0.15) is 65.0 Å². The number of likely N-dealkylation sites (tertiary alicyclic amines) is 1. The topological polar surface area (TPSA) is 67.9 Å². The van der Waals surface area contributed by atoms with Gasteiger partial charge in [-0.15, -0.1) is 0 Å². The first kappa shape index (κ1) is 21.6. The number of rotatable bonds is 4. The van der Waals surface area contributed by atoms with Crippen LogP contribution in [0, 0.1) is 5.41 Å². The zero-order valence-corrected chi connectivity index (χ0v) is 18.3. The second-order valence-electron chi connectivity index (χ2n) is 9.67. The van der Waals surface area contributed by atoms with Gasteiger partial charge in [-0.25, -0.2) is 4.79 Å². The van der Waals surface area contributed by atoms with Gasteiger partial charge in [-0.2, -0.15) is 0 Å². The minimum atomic E-state index is -0.655. The number of hydrogen-bond donors (Lipinski definition) is 1. The van der Waals surface area contributed by atoms with Gasteiger partial charge >= 0.3 is 12.1 Å². The van der Waals surface area contributed by atoms with E-state index in [1.165, 1.54) is 7.11 Å². The number of ether oxygens (including phenoxy) is 2. The van der Waals surface area contributed by atoms with E-state index in [2.05, 4.69) is 24.4 Å². The molecule has 1 aromatic carbocycles. The molecule has 1 aliphatic heterocycles. The average Bonchev–Trinajstić information content (AvgIpc) is 2.65. The molecule has 0 radical (unpaired) electrons. The fourth-order valence-electron chi connectivity index (χ4n) is 4.81. The summed E-state index contributed by atoms with van der Waals surface area (Å²) in [6, 6.07) is 10.2. The van der Waals surface area contributed by atoms with E-state index in [1.807, 2.05) is 39.0 Å². The molecule has 1 saturated carbocycles. The molecule has 1 amide bonds. The van der Waals surface area contributed by atoms with Crippen LogP contribution in [0.5, 0.6) is 0 Å². The molecule has 0 bridgehead atoms. The summed E-state index contributed by atoms with van der Waals surface area (Å²) < 4.78 is 10.7. The summed E-state index contributed by atoms with van der Waals surface area (Å²) in [4.78, 5) is 26.8. The van der Waals surface area contributed by atoms with Crippen molar-refractivity contribution in [3.05, 3.63) is 35.9 Å². The molecule has 1 atom stereocenters. The summed E-state index contributed by atoms with van der Waals surface area (Å²) >= 11 is 0. The number of benzene rings is 1. The third-order valence-corrected chi connectivity index (χ3v) is 6.20. The van der Waals surface area contributed by atoms with Gasteiger partial charge in [-0.1, -0.05) is 30.3 Å². The molecule has 1 unspecified atom stereocenters. The van der Waals surface area contributed by atoms with Crippen molar-refractivity contribution < 1.29 is 19.1 Å². The van der Waals surface area contributed by atoms with Gasteiger partial charge in [0, 0.05) is 19.1 Å². The van der Waals surface area contributed by atoms with Crippen molar-refractivity contribution in [3.8, 4) is 0 Å². The highest BCUT2D eigenvalue weighted by atomic mass is 16.6. The second-order valence-corrected chi connectivity index (χ2v) is 9.67. The molecule has 1 spiro atoms. The Balaban J connectivity index is 1.62. The summed E-state index contributed by atoms with van der Waals surface area (Å²) in [7, 11) is 1.45. The average molecular weight is 403 g/mol. The molecular weight excluding hydrogens is 368 g/mol. The number of methoxy groups -OCH3 is 1. The highest BCUT2D eigenvalue weighted by Crippen LogP contribution is 2.55. The van der Waals surface area contributed by atoms with Gasteiger partial charge in [0.2, 0.25) is 0 Å². The van der Waals surface area contributed by atoms with Crippen LogP contribution >= 0.6 is 0 Å². The van der Waals surface area contributed by atoms with Crippen molar-refractivity contribution in [1.29, 1.82) is 0 Å². The maximum Gasteiger partial charge on any atom is 0.410 e. The minimum absolute atomic E-state index is 0.0505. The smallest absolute Gasteiger partial charge is 0.410 e. The number of nitrogens with zero attached hydrogens (tertiary/aromatic N) is 1. The van der Waals surface area contributed by atoms with E-state index in [1.54, 1.807) is 4.90 Å². The van der Waals surface area contributed by atoms with Crippen LogP contribution < -0.4 is 5.32 Å². The molecular formula is C23H34N2O4. The van der Waals surface area contributed by atoms with Crippen LogP contribution in [0.25, 0.3) is 0 Å². The van der Waals surface area contributed by atoms with Gasteiger partial charge in [0.25, 0.3) is 0 Å². The van der Waals surface area contributed by atoms with E-state index in [0.29, 0.717) is 13.1 Å². The summed E-state index contributed by atoms with van der Waals surface area (Å²) in [5.41, 5.74) is 0.0884. The normalized spacial score (nSPS) is 21.2. The molecule has 1 aromatic rings.